The molecule has 1 saturated carbocycles. The molecule has 0 aromatic rings. The zero-order valence-electron chi connectivity index (χ0n) is 5.37. The summed E-state index contributed by atoms with van der Waals surface area (Å²) in [7, 11) is -3.05. The average molecular weight is 148 g/mol. The highest BCUT2D eigenvalue weighted by molar-refractivity contribution is 7.88. The highest BCUT2D eigenvalue weighted by atomic mass is 32.2. The fourth-order valence-electron chi connectivity index (χ4n) is 0.541. The molecule has 1 aliphatic rings. The number of nitrogens with zero attached hydrogens (tertiary/aromatic N) is 1. The summed E-state index contributed by atoms with van der Waals surface area (Å²) in [6, 6.07) is 0. The van der Waals surface area contributed by atoms with Crippen molar-refractivity contribution >= 4 is 10.0 Å². The van der Waals surface area contributed by atoms with Crippen LogP contribution in [0.25, 0.3) is 0 Å². The van der Waals surface area contributed by atoms with Gasteiger partial charge in [0.25, 0.3) is 0 Å². The third kappa shape index (κ3) is 3.48. The van der Waals surface area contributed by atoms with Gasteiger partial charge in [0, 0.05) is 6.54 Å². The highest BCUT2D eigenvalue weighted by Crippen LogP contribution is 2.27. The Morgan fingerprint density at radius 1 is 1.56 bits per heavy atom. The Hall–Kier alpha value is -0.0900. The quantitative estimate of drug-likeness (QED) is 0.564. The van der Waals surface area contributed by atoms with Gasteiger partial charge in [-0.05, 0) is 18.8 Å². The molecule has 0 heterocycles. The van der Waals surface area contributed by atoms with E-state index in [1.54, 1.807) is 0 Å². The Morgan fingerprint density at radius 3 is 2.44 bits per heavy atom. The first-order valence-corrected chi connectivity index (χ1v) is 4.81. The molecule has 4 heteroatoms. The molecule has 0 unspecified atom stereocenters. The monoisotopic (exact) mass is 148 g/mol. The van der Waals surface area contributed by atoms with Gasteiger partial charge >= 0.3 is 0 Å². The molecule has 0 saturated heterocycles. The molecule has 1 aliphatic carbocycles. The maximum absolute atomic E-state index is 10.4. The number of sulfonamides is 1. The fourth-order valence-corrected chi connectivity index (χ4v) is 1.02. The molecule has 1 fully saturated rings. The topological polar surface area (TPSA) is 48.2 Å². The molecule has 0 atom stereocenters. The minimum absolute atomic E-state index is 0.513. The molecule has 0 aliphatic heterocycles. The van der Waals surface area contributed by atoms with Crippen LogP contribution in [0.5, 0.6) is 0 Å². The predicted molar refractivity (Wildman–Crippen MR) is 34.6 cm³/mol. The molecule has 3 nitrogen and oxygen atoms in total. The molecule has 1 radical (unpaired) electrons. The largest absolute Gasteiger partial charge is 0.225 e. The number of rotatable bonds is 3. The zero-order valence-corrected chi connectivity index (χ0v) is 6.19. The van der Waals surface area contributed by atoms with Crippen molar-refractivity contribution in [1.29, 1.82) is 0 Å². The van der Waals surface area contributed by atoms with Crippen molar-refractivity contribution in [3.63, 3.8) is 0 Å². The molecule has 0 aromatic heterocycles. The molecule has 0 aromatic carbocycles. The van der Waals surface area contributed by atoms with Crippen LogP contribution in [0.15, 0.2) is 0 Å². The lowest BCUT2D eigenvalue weighted by atomic mass is 10.4. The smallest absolute Gasteiger partial charge is 0.211 e. The van der Waals surface area contributed by atoms with E-state index in [4.69, 9.17) is 0 Å². The van der Waals surface area contributed by atoms with Crippen molar-refractivity contribution in [1.82, 2.24) is 4.72 Å². The van der Waals surface area contributed by atoms with Crippen LogP contribution < -0.4 is 4.72 Å². The summed E-state index contributed by atoms with van der Waals surface area (Å²) in [5, 5.41) is 0. The van der Waals surface area contributed by atoms with Crippen LogP contribution in [0.2, 0.25) is 0 Å². The minimum Gasteiger partial charge on any atom is -0.211 e. The maximum atomic E-state index is 10.4. The molecule has 0 bridgehead atoms. The Labute approximate surface area is 55.5 Å². The lowest BCUT2D eigenvalue weighted by Gasteiger charge is -1.93. The van der Waals surface area contributed by atoms with Crippen LogP contribution in [0.3, 0.4) is 0 Å². The Kier molecular flexibility index (Phi) is 1.77. The van der Waals surface area contributed by atoms with Crippen molar-refractivity contribution in [2.45, 2.75) is 12.8 Å². The van der Waals surface area contributed by atoms with Crippen molar-refractivity contribution in [2.24, 2.45) is 5.92 Å². The third-order valence-electron chi connectivity index (χ3n) is 1.26. The molecule has 53 valence electrons. The number of hydrogen-bond acceptors (Lipinski definition) is 2. The van der Waals surface area contributed by atoms with Crippen LogP contribution in [-0.4, -0.2) is 21.2 Å². The van der Waals surface area contributed by atoms with Gasteiger partial charge in [0.1, 0.15) is 0 Å². The molecule has 1 rings (SSSR count). The molecule has 0 spiro atoms. The van der Waals surface area contributed by atoms with Gasteiger partial charge in [-0.3, -0.25) is 0 Å². The van der Waals surface area contributed by atoms with Crippen LogP contribution >= 0.6 is 0 Å². The summed E-state index contributed by atoms with van der Waals surface area (Å²) >= 11 is 0. The van der Waals surface area contributed by atoms with Crippen molar-refractivity contribution in [3.8, 4) is 0 Å². The Bertz CT molecular complexity index is 181. The molecule has 0 amide bonds. The van der Waals surface area contributed by atoms with Crippen molar-refractivity contribution in [2.75, 3.05) is 12.8 Å². The first-order valence-electron chi connectivity index (χ1n) is 2.97. The standard InChI is InChI=1S/C5H10NO2S/c1-9(7,8)6-4-5-2-3-5/h5H,2-4H2,1H3. The molecular formula is C5H10NO2S. The third-order valence-corrected chi connectivity index (χ3v) is 1.88. The zero-order chi connectivity index (χ0) is 6.91. The molecular weight excluding hydrogens is 138 g/mol. The van der Waals surface area contributed by atoms with Crippen LogP contribution in [0.4, 0.5) is 0 Å². The Balaban J connectivity index is 2.18. The molecule has 9 heavy (non-hydrogen) atoms. The first kappa shape index (κ1) is 7.02. The van der Waals surface area contributed by atoms with Gasteiger partial charge in [-0.15, -0.1) is 4.72 Å². The predicted octanol–water partition coefficient (Wildman–Crippen LogP) is -0.0396. The van der Waals surface area contributed by atoms with E-state index in [0.717, 1.165) is 19.1 Å². The van der Waals surface area contributed by atoms with Crippen LogP contribution in [-0.2, 0) is 10.0 Å². The summed E-state index contributed by atoms with van der Waals surface area (Å²) in [6.45, 7) is 0.513. The normalized spacial score (nSPS) is 20.1. The first-order chi connectivity index (χ1) is 4.08. The van der Waals surface area contributed by atoms with Gasteiger partial charge in [0.15, 0.2) is 0 Å². The van der Waals surface area contributed by atoms with Gasteiger partial charge in [-0.2, -0.15) is 0 Å². The summed E-state index contributed by atoms with van der Waals surface area (Å²) in [5.74, 6) is 0.569. The summed E-state index contributed by atoms with van der Waals surface area (Å²) < 4.78 is 24.3. The van der Waals surface area contributed by atoms with Gasteiger partial charge in [-0.1, -0.05) is 0 Å². The summed E-state index contributed by atoms with van der Waals surface area (Å²) in [5.41, 5.74) is 0. The second kappa shape index (κ2) is 2.27. The van der Waals surface area contributed by atoms with Crippen LogP contribution in [0, 0.1) is 5.92 Å². The van der Waals surface area contributed by atoms with Gasteiger partial charge < -0.3 is 0 Å². The average Bonchev–Trinajstić information content (AvgIpc) is 2.38. The van der Waals surface area contributed by atoms with E-state index in [1.165, 1.54) is 0 Å². The fraction of sp³-hybridized carbons (Fsp3) is 1.00. The minimum atomic E-state index is -3.05. The van der Waals surface area contributed by atoms with E-state index in [2.05, 4.69) is 4.72 Å². The van der Waals surface area contributed by atoms with Crippen LogP contribution in [0.1, 0.15) is 12.8 Å². The second-order valence-corrected chi connectivity index (χ2v) is 4.21. The van der Waals surface area contributed by atoms with Gasteiger partial charge in [0.2, 0.25) is 10.0 Å². The van der Waals surface area contributed by atoms with E-state index in [9.17, 15) is 8.42 Å². The SMILES string of the molecule is CS(=O)(=O)[N]CC1CC1. The van der Waals surface area contributed by atoms with Gasteiger partial charge in [-0.25, -0.2) is 8.42 Å². The van der Waals surface area contributed by atoms with E-state index >= 15 is 0 Å². The Morgan fingerprint density at radius 2 is 2.11 bits per heavy atom. The maximum Gasteiger partial charge on any atom is 0.225 e. The number of hydrogen-bond donors (Lipinski definition) is 0. The van der Waals surface area contributed by atoms with E-state index in [0.29, 0.717) is 12.5 Å². The van der Waals surface area contributed by atoms with Crippen molar-refractivity contribution < 1.29 is 8.42 Å². The second-order valence-electron chi connectivity index (χ2n) is 2.49. The highest BCUT2D eigenvalue weighted by Gasteiger charge is 2.22. The van der Waals surface area contributed by atoms with E-state index in [-0.39, 0.29) is 0 Å². The lowest BCUT2D eigenvalue weighted by Crippen LogP contribution is -2.16. The lowest BCUT2D eigenvalue weighted by molar-refractivity contribution is 0.581. The van der Waals surface area contributed by atoms with E-state index in [1.807, 2.05) is 0 Å². The summed E-state index contributed by atoms with van der Waals surface area (Å²) in [6.07, 6.45) is 3.44. The van der Waals surface area contributed by atoms with Crippen molar-refractivity contribution in [3.05, 3.63) is 0 Å². The van der Waals surface area contributed by atoms with Gasteiger partial charge in [0.05, 0.1) is 6.26 Å². The van der Waals surface area contributed by atoms with E-state index < -0.39 is 10.0 Å². The summed E-state index contributed by atoms with van der Waals surface area (Å²) in [4.78, 5) is 0. The molecule has 0 N–H and O–H groups in total.